The first kappa shape index (κ1) is 41.1. The molecule has 4 aliphatic rings. The summed E-state index contributed by atoms with van der Waals surface area (Å²) < 4.78 is 25.7. The molecule has 3 heterocycles. The molecule has 7 N–H and O–H groups in total. The minimum absolute atomic E-state index is 0.0189. The number of nitrogens with zero attached hydrogens (tertiary/aromatic N) is 2. The number of carbonyl (C=O) groups is 1. The van der Waals surface area contributed by atoms with Gasteiger partial charge in [-0.3, -0.25) is 14.8 Å². The Hall–Kier alpha value is -4.05. The number of fused-ring (bicyclic) bond motifs is 7. The van der Waals surface area contributed by atoms with Gasteiger partial charge in [-0.15, -0.1) is 0 Å². The first-order valence-electron chi connectivity index (χ1n) is 20.0. The second-order valence-corrected chi connectivity index (χ2v) is 18.3. The number of ether oxygens (including phenoxy) is 4. The number of benzene rings is 2. The second-order valence-electron chi connectivity index (χ2n) is 15.7. The lowest BCUT2D eigenvalue weighted by molar-refractivity contribution is -0.191. The maximum Gasteiger partial charge on any atom is 0.302 e. The average Bonchev–Trinajstić information content (AvgIpc) is 3.19. The van der Waals surface area contributed by atoms with Crippen LogP contribution in [0.2, 0.25) is 0 Å². The summed E-state index contributed by atoms with van der Waals surface area (Å²) in [6.45, 7) is 2.16. The Morgan fingerprint density at radius 1 is 1.12 bits per heavy atom. The molecule has 308 valence electrons. The highest BCUT2D eigenvalue weighted by Gasteiger charge is 2.50. The molecule has 0 radical (unpaired) electrons. The van der Waals surface area contributed by atoms with Crippen molar-refractivity contribution < 1.29 is 44.2 Å². The summed E-state index contributed by atoms with van der Waals surface area (Å²) in [6, 6.07) is 12.6. The number of hydrogen-bond donors (Lipinski definition) is 6. The molecule has 4 bridgehead atoms. The van der Waals surface area contributed by atoms with E-state index in [0.717, 1.165) is 49.0 Å². The van der Waals surface area contributed by atoms with E-state index in [0.29, 0.717) is 55.9 Å². The van der Waals surface area contributed by atoms with E-state index in [1.165, 1.54) is 13.0 Å². The van der Waals surface area contributed by atoms with Crippen molar-refractivity contribution in [3.05, 3.63) is 71.5 Å². The highest BCUT2D eigenvalue weighted by molar-refractivity contribution is 8.77. The van der Waals surface area contributed by atoms with Crippen LogP contribution in [0.5, 0.6) is 28.7 Å². The maximum absolute atomic E-state index is 12.6. The van der Waals surface area contributed by atoms with Gasteiger partial charge in [0.1, 0.15) is 12.2 Å². The van der Waals surface area contributed by atoms with Gasteiger partial charge >= 0.3 is 5.97 Å². The summed E-state index contributed by atoms with van der Waals surface area (Å²) in [4.78, 5) is 21.2. The molecule has 1 aromatic heterocycles. The molecule has 8 atom stereocenters. The summed E-state index contributed by atoms with van der Waals surface area (Å²) in [5.41, 5.74) is 8.63. The molecule has 0 amide bonds. The Morgan fingerprint density at radius 3 is 2.81 bits per heavy atom. The first-order chi connectivity index (χ1) is 27.6. The summed E-state index contributed by atoms with van der Waals surface area (Å²) in [5.74, 6) is 0.636. The lowest BCUT2D eigenvalue weighted by atomic mass is 9.70. The SMILES string of the molecule is CC(=O)OC1CC(c2cc(O)c(O)c(OCCc3cccnc3)c2)OC2C1CCC1SSCC3(NC(N)=NCCCO)CCCC(C3)Oc3cc(ccc3O)CC12. The quantitative estimate of drug-likeness (QED) is 0.0350. The minimum Gasteiger partial charge on any atom is -0.504 e. The van der Waals surface area contributed by atoms with Gasteiger partial charge in [-0.1, -0.05) is 33.7 Å². The van der Waals surface area contributed by atoms with Gasteiger partial charge in [-0.25, -0.2) is 0 Å². The fourth-order valence-corrected chi connectivity index (χ4v) is 12.4. The van der Waals surface area contributed by atoms with Crippen LogP contribution in [0.25, 0.3) is 0 Å². The number of hydrogen-bond acceptors (Lipinski definition) is 13. The fraction of sp³-hybridized carbons (Fsp3) is 0.548. The lowest BCUT2D eigenvalue weighted by Crippen LogP contribution is -2.57. The third kappa shape index (κ3) is 10.2. The van der Waals surface area contributed by atoms with Gasteiger partial charge in [-0.05, 0) is 92.0 Å². The number of guanidine groups is 1. The van der Waals surface area contributed by atoms with Gasteiger partial charge < -0.3 is 50.4 Å². The van der Waals surface area contributed by atoms with E-state index < -0.39 is 17.7 Å². The Kier molecular flexibility index (Phi) is 13.5. The maximum atomic E-state index is 12.6. The molecule has 2 saturated carbocycles. The Balaban J connectivity index is 1.18. The summed E-state index contributed by atoms with van der Waals surface area (Å²) >= 11 is 0. The van der Waals surface area contributed by atoms with Gasteiger partial charge in [0.15, 0.2) is 29.0 Å². The zero-order valence-electron chi connectivity index (χ0n) is 32.3. The topological polar surface area (TPSA) is 198 Å². The zero-order valence-corrected chi connectivity index (χ0v) is 33.9. The van der Waals surface area contributed by atoms with Crippen molar-refractivity contribution in [2.24, 2.45) is 22.6 Å². The fourth-order valence-electron chi connectivity index (χ4n) is 8.90. The molecule has 3 aromatic rings. The Bertz CT molecular complexity index is 1870. The number of nitrogens with two attached hydrogens (primary N) is 1. The van der Waals surface area contributed by atoms with E-state index in [2.05, 4.69) is 15.3 Å². The summed E-state index contributed by atoms with van der Waals surface area (Å²) in [6.07, 6.45) is 9.12. The number of aromatic nitrogens is 1. The summed E-state index contributed by atoms with van der Waals surface area (Å²) in [7, 11) is 3.67. The van der Waals surface area contributed by atoms with Crippen LogP contribution in [0, 0.1) is 11.8 Å². The van der Waals surface area contributed by atoms with Gasteiger partial charge in [0.25, 0.3) is 0 Å². The normalized spacial score (nSPS) is 28.9. The van der Waals surface area contributed by atoms with Crippen LogP contribution in [0.3, 0.4) is 0 Å². The monoisotopic (exact) mass is 822 g/mol. The van der Waals surface area contributed by atoms with Gasteiger partial charge in [0.05, 0.1) is 24.4 Å². The van der Waals surface area contributed by atoms with Crippen LogP contribution in [0.15, 0.2) is 59.9 Å². The molecule has 2 aromatic carbocycles. The Morgan fingerprint density at radius 2 is 2.00 bits per heavy atom. The molecular formula is C42H54N4O9S2. The Labute approximate surface area is 341 Å². The van der Waals surface area contributed by atoms with Crippen molar-refractivity contribution in [1.29, 1.82) is 0 Å². The van der Waals surface area contributed by atoms with Crippen molar-refractivity contribution in [1.82, 2.24) is 10.3 Å². The number of aliphatic imine (C=N–C) groups is 1. The van der Waals surface area contributed by atoms with E-state index in [1.807, 2.05) is 45.9 Å². The van der Waals surface area contributed by atoms with Crippen LogP contribution < -0.4 is 20.5 Å². The van der Waals surface area contributed by atoms with Crippen molar-refractivity contribution in [2.45, 2.75) is 106 Å². The number of pyridine rings is 1. The van der Waals surface area contributed by atoms with Crippen molar-refractivity contribution >= 4 is 33.5 Å². The number of esters is 1. The predicted molar refractivity (Wildman–Crippen MR) is 220 cm³/mol. The van der Waals surface area contributed by atoms with Crippen LogP contribution in [-0.4, -0.2) is 92.0 Å². The van der Waals surface area contributed by atoms with Crippen LogP contribution in [0.1, 0.15) is 81.1 Å². The first-order valence-corrected chi connectivity index (χ1v) is 22.3. The highest BCUT2D eigenvalue weighted by Crippen LogP contribution is 2.52. The highest BCUT2D eigenvalue weighted by atomic mass is 33.1. The largest absolute Gasteiger partial charge is 0.504 e. The average molecular weight is 823 g/mol. The molecule has 1 saturated heterocycles. The third-order valence-electron chi connectivity index (χ3n) is 11.6. The zero-order chi connectivity index (χ0) is 39.9. The number of nitrogens with one attached hydrogen (secondary N) is 1. The number of aliphatic hydroxyl groups is 1. The molecule has 0 spiro atoms. The molecule has 13 nitrogen and oxygen atoms in total. The molecule has 7 rings (SSSR count). The molecular weight excluding hydrogens is 769 g/mol. The van der Waals surface area contributed by atoms with E-state index >= 15 is 0 Å². The molecule has 8 unspecified atom stereocenters. The third-order valence-corrected chi connectivity index (χ3v) is 14.7. The molecule has 3 fully saturated rings. The standard InChI is InChI=1S/C42H54N4O9S2/c1-25(48)53-35-21-34(28-19-33(50)39(51)37(20-28)52-16-11-26-5-3-13-44-23-26)55-40-30(35)8-10-38-31(40)17-27-7-9-32(49)36(18-27)54-29-6-2-12-42(22-29,24-56-57-38)46-41(43)45-14-4-15-47/h3,5,7,9,13,18-20,23,29-31,34-35,38,40,47,49-51H,2,4,6,8,10-12,14-17,21-22,24H2,1H3,(H3,43,45,46). The van der Waals surface area contributed by atoms with E-state index in [9.17, 15) is 25.2 Å². The minimum atomic E-state index is -0.567. The van der Waals surface area contributed by atoms with Crippen molar-refractivity contribution in [3.8, 4) is 28.7 Å². The van der Waals surface area contributed by atoms with Gasteiger partial charge in [-0.2, -0.15) is 0 Å². The summed E-state index contributed by atoms with van der Waals surface area (Å²) in [5, 5.41) is 45.7. The molecule has 2 aliphatic carbocycles. The lowest BCUT2D eigenvalue weighted by Gasteiger charge is -2.50. The van der Waals surface area contributed by atoms with Crippen molar-refractivity contribution in [3.63, 3.8) is 0 Å². The van der Waals surface area contributed by atoms with Crippen LogP contribution in [-0.2, 0) is 27.1 Å². The number of aliphatic hydroxyl groups excluding tert-OH is 1. The molecule has 57 heavy (non-hydrogen) atoms. The number of carbonyl (C=O) groups excluding carboxylic acids is 1. The van der Waals surface area contributed by atoms with Gasteiger partial charge in [0, 0.05) is 74.6 Å². The van der Waals surface area contributed by atoms with Crippen molar-refractivity contribution in [2.75, 3.05) is 25.5 Å². The van der Waals surface area contributed by atoms with Crippen LogP contribution in [0.4, 0.5) is 0 Å². The van der Waals surface area contributed by atoms with Crippen LogP contribution >= 0.6 is 21.6 Å². The predicted octanol–water partition coefficient (Wildman–Crippen LogP) is 5.96. The number of phenolic OH excluding ortho intramolecular Hbond substituents is 3. The smallest absolute Gasteiger partial charge is 0.302 e. The number of aromatic hydroxyl groups is 3. The number of phenols is 3. The van der Waals surface area contributed by atoms with E-state index in [1.54, 1.807) is 24.5 Å². The van der Waals surface area contributed by atoms with E-state index in [4.69, 9.17) is 24.7 Å². The number of rotatable bonds is 10. The van der Waals surface area contributed by atoms with E-state index in [-0.39, 0.29) is 71.5 Å². The van der Waals surface area contributed by atoms with Gasteiger partial charge in [0.2, 0.25) is 5.75 Å². The molecule has 15 heteroatoms. The second kappa shape index (κ2) is 18.7. The molecule has 2 aliphatic heterocycles.